The van der Waals surface area contributed by atoms with Crippen molar-refractivity contribution in [1.29, 1.82) is 0 Å². The van der Waals surface area contributed by atoms with Gasteiger partial charge in [0.15, 0.2) is 6.04 Å². The summed E-state index contributed by atoms with van der Waals surface area (Å²) < 4.78 is 0. The minimum absolute atomic E-state index is 0.0247. The molecule has 4 nitrogen and oxygen atoms in total. The van der Waals surface area contributed by atoms with Crippen LogP contribution in [0.4, 0.5) is 5.69 Å². The van der Waals surface area contributed by atoms with Crippen LogP contribution in [0.25, 0.3) is 0 Å². The van der Waals surface area contributed by atoms with Crippen molar-refractivity contribution in [3.05, 3.63) is 29.3 Å². The Bertz CT molecular complexity index is 564. The number of para-hydroxylation sites is 1. The van der Waals surface area contributed by atoms with Crippen molar-refractivity contribution < 1.29 is 9.69 Å². The Morgan fingerprint density at radius 2 is 1.80 bits per heavy atom. The summed E-state index contributed by atoms with van der Waals surface area (Å²) >= 11 is 6.32. The number of halogens is 1. The van der Waals surface area contributed by atoms with Crippen LogP contribution < -0.4 is 15.1 Å². The van der Waals surface area contributed by atoms with E-state index in [0.717, 1.165) is 49.7 Å². The summed E-state index contributed by atoms with van der Waals surface area (Å²) in [6.07, 6.45) is 7.43. The molecule has 1 saturated carbocycles. The first-order valence-electron chi connectivity index (χ1n) is 9.79. The first-order chi connectivity index (χ1) is 12.1. The smallest absolute Gasteiger partial charge is 0.278 e. The van der Waals surface area contributed by atoms with Crippen LogP contribution in [0.15, 0.2) is 24.3 Å². The van der Waals surface area contributed by atoms with E-state index in [2.05, 4.69) is 23.2 Å². The van der Waals surface area contributed by atoms with Crippen molar-refractivity contribution in [3.8, 4) is 0 Å². The van der Waals surface area contributed by atoms with Crippen LogP contribution in [0, 0.1) is 0 Å². The van der Waals surface area contributed by atoms with Crippen LogP contribution in [0.2, 0.25) is 5.02 Å². The van der Waals surface area contributed by atoms with Crippen LogP contribution in [-0.4, -0.2) is 44.2 Å². The average molecular weight is 365 g/mol. The fourth-order valence-electron chi connectivity index (χ4n) is 4.11. The Balaban J connectivity index is 1.50. The van der Waals surface area contributed by atoms with Gasteiger partial charge in [0.1, 0.15) is 0 Å². The molecule has 2 N–H and O–H groups in total. The highest BCUT2D eigenvalue weighted by Crippen LogP contribution is 2.24. The Kier molecular flexibility index (Phi) is 6.60. The molecular formula is C20H31ClN3O+. The summed E-state index contributed by atoms with van der Waals surface area (Å²) in [6, 6.07) is 8.43. The van der Waals surface area contributed by atoms with E-state index in [1.54, 1.807) is 0 Å². The number of carbonyl (C=O) groups is 1. The van der Waals surface area contributed by atoms with Crippen molar-refractivity contribution in [2.75, 3.05) is 31.1 Å². The molecule has 1 amide bonds. The number of nitrogens with one attached hydrogen (secondary N) is 2. The maximum atomic E-state index is 12.7. The summed E-state index contributed by atoms with van der Waals surface area (Å²) in [5.74, 6) is 0.230. The Morgan fingerprint density at radius 3 is 2.44 bits per heavy atom. The lowest BCUT2D eigenvalue weighted by molar-refractivity contribution is -0.914. The van der Waals surface area contributed by atoms with Crippen LogP contribution in [-0.2, 0) is 4.79 Å². The summed E-state index contributed by atoms with van der Waals surface area (Å²) in [6.45, 7) is 5.92. The lowest BCUT2D eigenvalue weighted by Gasteiger charge is -2.36. The number of amides is 1. The van der Waals surface area contributed by atoms with E-state index in [-0.39, 0.29) is 11.9 Å². The van der Waals surface area contributed by atoms with Gasteiger partial charge in [-0.3, -0.25) is 4.79 Å². The molecule has 25 heavy (non-hydrogen) atoms. The summed E-state index contributed by atoms with van der Waals surface area (Å²) in [5.41, 5.74) is 1.11. The van der Waals surface area contributed by atoms with Crippen molar-refractivity contribution in [1.82, 2.24) is 5.32 Å². The Morgan fingerprint density at radius 1 is 1.16 bits per heavy atom. The van der Waals surface area contributed by atoms with Gasteiger partial charge in [0, 0.05) is 6.04 Å². The van der Waals surface area contributed by atoms with Gasteiger partial charge in [-0.2, -0.15) is 0 Å². The van der Waals surface area contributed by atoms with Gasteiger partial charge in [-0.05, 0) is 31.9 Å². The lowest BCUT2D eigenvalue weighted by atomic mass is 10.1. The summed E-state index contributed by atoms with van der Waals surface area (Å²) in [5, 5.41) is 4.12. The highest BCUT2D eigenvalue weighted by Gasteiger charge is 2.30. The third-order valence-corrected chi connectivity index (χ3v) is 6.13. The van der Waals surface area contributed by atoms with E-state index in [9.17, 15) is 4.79 Å². The lowest BCUT2D eigenvalue weighted by Crippen LogP contribution is -3.19. The first kappa shape index (κ1) is 18.5. The number of carbonyl (C=O) groups excluding carboxylic acids is 1. The fourth-order valence-corrected chi connectivity index (χ4v) is 4.37. The van der Waals surface area contributed by atoms with Crippen LogP contribution in [0.1, 0.15) is 45.4 Å². The predicted octanol–water partition coefficient (Wildman–Crippen LogP) is 2.27. The van der Waals surface area contributed by atoms with Gasteiger partial charge in [-0.25, -0.2) is 0 Å². The fraction of sp³-hybridized carbons (Fsp3) is 0.650. The predicted molar refractivity (Wildman–Crippen MR) is 103 cm³/mol. The molecule has 1 saturated heterocycles. The largest absolute Gasteiger partial charge is 0.359 e. The van der Waals surface area contributed by atoms with Gasteiger partial charge in [0.05, 0.1) is 36.9 Å². The monoisotopic (exact) mass is 364 g/mol. The molecule has 2 fully saturated rings. The van der Waals surface area contributed by atoms with E-state index in [1.807, 2.05) is 18.2 Å². The molecule has 0 radical (unpaired) electrons. The van der Waals surface area contributed by atoms with Gasteiger partial charge in [-0.1, -0.05) is 49.4 Å². The highest BCUT2D eigenvalue weighted by atomic mass is 35.5. The topological polar surface area (TPSA) is 36.8 Å². The number of piperazine rings is 1. The van der Waals surface area contributed by atoms with E-state index >= 15 is 0 Å². The average Bonchev–Trinajstić information content (AvgIpc) is 2.90. The summed E-state index contributed by atoms with van der Waals surface area (Å²) in [4.78, 5) is 16.4. The second-order valence-corrected chi connectivity index (χ2v) is 7.92. The molecule has 0 bridgehead atoms. The molecule has 0 spiro atoms. The van der Waals surface area contributed by atoms with Crippen molar-refractivity contribution in [3.63, 3.8) is 0 Å². The molecule has 1 aliphatic carbocycles. The van der Waals surface area contributed by atoms with Gasteiger partial charge in [0.2, 0.25) is 0 Å². The standard InChI is InChI=1S/C20H30ClN3O/c1-16(20(25)22-17-8-4-2-3-5-9-17)23-12-14-24(15-13-23)19-11-7-6-10-18(19)21/h6-7,10-11,16-17H,2-5,8-9,12-15H2,1H3,(H,22,25)/p+1/t16-/m0/s1. The molecular weight excluding hydrogens is 334 g/mol. The number of benzene rings is 1. The minimum Gasteiger partial charge on any atom is -0.359 e. The first-order valence-corrected chi connectivity index (χ1v) is 10.2. The van der Waals surface area contributed by atoms with Crippen molar-refractivity contribution in [2.45, 2.75) is 57.5 Å². The summed E-state index contributed by atoms with van der Waals surface area (Å²) in [7, 11) is 0. The maximum Gasteiger partial charge on any atom is 0.278 e. The third kappa shape index (κ3) is 4.89. The van der Waals surface area contributed by atoms with E-state index in [0.29, 0.717) is 6.04 Å². The molecule has 1 atom stereocenters. The number of nitrogens with zero attached hydrogens (tertiary/aromatic N) is 1. The molecule has 5 heteroatoms. The zero-order valence-corrected chi connectivity index (χ0v) is 16.0. The van der Waals surface area contributed by atoms with Gasteiger partial charge in [0.25, 0.3) is 5.91 Å². The molecule has 1 heterocycles. The normalized spacial score (nSPS) is 21.6. The zero-order valence-electron chi connectivity index (χ0n) is 15.3. The molecule has 1 aliphatic heterocycles. The van der Waals surface area contributed by atoms with E-state index in [4.69, 9.17) is 11.6 Å². The van der Waals surface area contributed by atoms with Crippen molar-refractivity contribution in [2.24, 2.45) is 0 Å². The van der Waals surface area contributed by atoms with E-state index in [1.165, 1.54) is 30.6 Å². The van der Waals surface area contributed by atoms with Crippen LogP contribution in [0.3, 0.4) is 0 Å². The van der Waals surface area contributed by atoms with Gasteiger partial charge in [-0.15, -0.1) is 0 Å². The SMILES string of the molecule is C[C@@H](C(=O)NC1CCCCCC1)[NH+]1CCN(c2ccccc2Cl)CC1. The third-order valence-electron chi connectivity index (χ3n) is 5.81. The molecule has 3 rings (SSSR count). The van der Waals surface area contributed by atoms with Crippen LogP contribution >= 0.6 is 11.6 Å². The van der Waals surface area contributed by atoms with Gasteiger partial charge < -0.3 is 15.1 Å². The molecule has 138 valence electrons. The number of hydrogen-bond donors (Lipinski definition) is 2. The van der Waals surface area contributed by atoms with E-state index < -0.39 is 0 Å². The molecule has 0 unspecified atom stereocenters. The number of hydrogen-bond acceptors (Lipinski definition) is 2. The Hall–Kier alpha value is -1.26. The highest BCUT2D eigenvalue weighted by molar-refractivity contribution is 6.33. The van der Waals surface area contributed by atoms with Crippen molar-refractivity contribution >= 4 is 23.2 Å². The second kappa shape index (κ2) is 8.91. The van der Waals surface area contributed by atoms with Crippen LogP contribution in [0.5, 0.6) is 0 Å². The molecule has 1 aromatic rings. The second-order valence-electron chi connectivity index (χ2n) is 7.52. The molecule has 1 aromatic carbocycles. The number of rotatable bonds is 4. The molecule has 0 aromatic heterocycles. The number of anilines is 1. The minimum atomic E-state index is 0.0247. The maximum absolute atomic E-state index is 12.7. The Labute approximate surface area is 156 Å². The van der Waals surface area contributed by atoms with Gasteiger partial charge >= 0.3 is 0 Å². The number of quaternary nitrogens is 1. The quantitative estimate of drug-likeness (QED) is 0.804. The molecule has 2 aliphatic rings. The zero-order chi connectivity index (χ0) is 17.6.